The van der Waals surface area contributed by atoms with Crippen molar-refractivity contribution in [2.24, 2.45) is 0 Å². The number of benzene rings is 3. The third-order valence-electron chi connectivity index (χ3n) is 4.34. The monoisotopic (exact) mass is 508 g/mol. The van der Waals surface area contributed by atoms with E-state index >= 15 is 0 Å². The number of thiophene rings is 1. The molecule has 172 valence electrons. The predicted molar refractivity (Wildman–Crippen MR) is 124 cm³/mol. The average Bonchev–Trinajstić information content (AvgIpc) is 3.20. The van der Waals surface area contributed by atoms with Gasteiger partial charge in [0.1, 0.15) is 21.0 Å². The minimum absolute atomic E-state index is 0.0247. The Bertz CT molecular complexity index is 1230. The fourth-order valence-corrected chi connectivity index (χ4v) is 6.90. The molecule has 0 aliphatic carbocycles. The van der Waals surface area contributed by atoms with Gasteiger partial charge in [-0.25, -0.2) is 8.42 Å². The van der Waals surface area contributed by atoms with Crippen molar-refractivity contribution in [1.82, 2.24) is 0 Å². The molecule has 4 rings (SSSR count). The summed E-state index contributed by atoms with van der Waals surface area (Å²) in [5, 5.41) is 2.24. The highest BCUT2D eigenvalue weighted by molar-refractivity contribution is 7.98. The molecule has 0 bridgehead atoms. The van der Waals surface area contributed by atoms with Crippen LogP contribution in [0.3, 0.4) is 0 Å². The molecule has 0 aliphatic rings. The molecule has 33 heavy (non-hydrogen) atoms. The molecule has 1 heterocycles. The Labute approximate surface area is 197 Å². The second-order valence-electron chi connectivity index (χ2n) is 6.85. The first kappa shape index (κ1) is 25.0. The number of alkyl halides is 3. The van der Waals surface area contributed by atoms with Gasteiger partial charge in [-0.05, 0) is 66.4 Å². The van der Waals surface area contributed by atoms with Crippen molar-refractivity contribution < 1.29 is 26.1 Å². The minimum Gasteiger partial charge on any atom is -0.744 e. The van der Waals surface area contributed by atoms with Gasteiger partial charge in [-0.3, -0.25) is 0 Å². The number of hydrogen-bond acceptors (Lipinski definition) is 4. The molecule has 0 aliphatic heterocycles. The molecule has 1 aromatic heterocycles. The third kappa shape index (κ3) is 6.94. The molecule has 9 heteroatoms. The number of aryl methyl sites for hydroxylation is 1. The van der Waals surface area contributed by atoms with E-state index < -0.39 is 26.8 Å². The van der Waals surface area contributed by atoms with Gasteiger partial charge in [-0.15, -0.1) is 0 Å². The van der Waals surface area contributed by atoms with Gasteiger partial charge in [0.2, 0.25) is 4.21 Å². The second-order valence-corrected chi connectivity index (χ2v) is 11.4. The Hall–Kier alpha value is -2.59. The largest absolute Gasteiger partial charge is 0.744 e. The highest BCUT2D eigenvalue weighted by Gasteiger charge is 2.30. The molecule has 0 unspecified atom stereocenters. The summed E-state index contributed by atoms with van der Waals surface area (Å²) in [6, 6.07) is 26.2. The Morgan fingerprint density at radius 3 is 1.67 bits per heavy atom. The molecule has 3 aromatic carbocycles. The molecule has 0 saturated heterocycles. The Morgan fingerprint density at radius 2 is 1.30 bits per heavy atom. The molecule has 4 aromatic rings. The molecule has 0 amide bonds. The third-order valence-corrected chi connectivity index (χ3v) is 8.82. The van der Waals surface area contributed by atoms with Crippen LogP contribution >= 0.6 is 11.3 Å². The maximum atomic E-state index is 12.0. The van der Waals surface area contributed by atoms with Crippen molar-refractivity contribution in [3.8, 4) is 0 Å². The van der Waals surface area contributed by atoms with Crippen LogP contribution in [0, 0.1) is 6.92 Å². The minimum atomic E-state index is -4.68. The Morgan fingerprint density at radius 1 is 0.818 bits per heavy atom. The molecule has 0 spiro atoms. The summed E-state index contributed by atoms with van der Waals surface area (Å²) in [7, 11) is -4.66. The van der Waals surface area contributed by atoms with Crippen LogP contribution in [0.15, 0.2) is 115 Å². The van der Waals surface area contributed by atoms with Crippen LogP contribution in [0.5, 0.6) is 0 Å². The van der Waals surface area contributed by atoms with E-state index in [1.54, 1.807) is 0 Å². The lowest BCUT2D eigenvalue weighted by atomic mass is 10.2. The van der Waals surface area contributed by atoms with E-state index in [-0.39, 0.29) is 10.9 Å². The molecule has 0 atom stereocenters. The fourth-order valence-electron chi connectivity index (χ4n) is 2.80. The summed E-state index contributed by atoms with van der Waals surface area (Å²) in [5.74, 6) is 0. The zero-order valence-electron chi connectivity index (χ0n) is 17.3. The zero-order valence-corrected chi connectivity index (χ0v) is 19.8. The lowest BCUT2D eigenvalue weighted by Gasteiger charge is -2.09. The van der Waals surface area contributed by atoms with Gasteiger partial charge >= 0.3 is 6.18 Å². The van der Waals surface area contributed by atoms with E-state index in [2.05, 4.69) is 79.0 Å². The van der Waals surface area contributed by atoms with Crippen LogP contribution in [0.1, 0.15) is 11.1 Å². The lowest BCUT2D eigenvalue weighted by Crippen LogP contribution is -2.05. The summed E-state index contributed by atoms with van der Waals surface area (Å²) < 4.78 is 68.5. The van der Waals surface area contributed by atoms with E-state index in [0.717, 1.165) is 0 Å². The van der Waals surface area contributed by atoms with Crippen molar-refractivity contribution in [3.63, 3.8) is 0 Å². The summed E-state index contributed by atoms with van der Waals surface area (Å²) in [6.45, 7) is 2.16. The van der Waals surface area contributed by atoms with Crippen LogP contribution in [0.4, 0.5) is 13.2 Å². The second kappa shape index (κ2) is 10.6. The Kier molecular flexibility index (Phi) is 8.01. The quantitative estimate of drug-likeness (QED) is 0.226. The van der Waals surface area contributed by atoms with Gasteiger partial charge in [0, 0.05) is 6.07 Å². The average molecular weight is 509 g/mol. The van der Waals surface area contributed by atoms with Gasteiger partial charge in [0.05, 0.1) is 10.5 Å². The van der Waals surface area contributed by atoms with Crippen molar-refractivity contribution in [2.75, 3.05) is 0 Å². The summed E-state index contributed by atoms with van der Waals surface area (Å²) in [6.07, 6.45) is -4.54. The van der Waals surface area contributed by atoms with Crippen LogP contribution in [0.25, 0.3) is 0 Å². The summed E-state index contributed by atoms with van der Waals surface area (Å²) in [4.78, 5) is 2.09. The van der Waals surface area contributed by atoms with E-state index in [0.29, 0.717) is 24.3 Å². The molecule has 0 N–H and O–H groups in total. The predicted octanol–water partition coefficient (Wildman–Crippen LogP) is 6.76. The van der Waals surface area contributed by atoms with Crippen molar-refractivity contribution in [3.05, 3.63) is 108 Å². The summed E-state index contributed by atoms with van der Waals surface area (Å²) >= 11 is 1.86. The molecule has 0 radical (unpaired) electrons. The van der Waals surface area contributed by atoms with Crippen molar-refractivity contribution in [1.29, 1.82) is 0 Å². The number of rotatable bonds is 4. The first-order chi connectivity index (χ1) is 15.6. The van der Waals surface area contributed by atoms with Gasteiger partial charge < -0.3 is 4.55 Å². The standard InChI is InChI=1S/C17H15S2.C7H5F3O3S/c1-14-12-17(18-13-14)19(15-8-4-2-5-9-15)16-10-6-3-7-11-16;8-7(9,10)5-1-3-6(4-2-5)14(11,12)13/h2-13H,1H3;1-4H,(H,11,12,13)/q+1;/p-1. The molecule has 0 fully saturated rings. The maximum Gasteiger partial charge on any atom is 0.416 e. The Balaban J connectivity index is 0.000000196. The van der Waals surface area contributed by atoms with Crippen LogP contribution in [-0.2, 0) is 27.2 Å². The van der Waals surface area contributed by atoms with Gasteiger partial charge in [0.25, 0.3) is 0 Å². The summed E-state index contributed by atoms with van der Waals surface area (Å²) in [5.41, 5.74) is 0.356. The first-order valence-corrected chi connectivity index (χ1v) is 13.1. The molecule has 3 nitrogen and oxygen atoms in total. The van der Waals surface area contributed by atoms with Gasteiger partial charge in [-0.1, -0.05) is 47.7 Å². The zero-order chi connectivity index (χ0) is 24.1. The normalized spacial score (nSPS) is 11.7. The van der Waals surface area contributed by atoms with Crippen LogP contribution in [0.2, 0.25) is 0 Å². The van der Waals surface area contributed by atoms with Crippen LogP contribution < -0.4 is 0 Å². The maximum absolute atomic E-state index is 12.0. The van der Waals surface area contributed by atoms with E-state index in [4.69, 9.17) is 0 Å². The smallest absolute Gasteiger partial charge is 0.416 e. The van der Waals surface area contributed by atoms with Crippen LogP contribution in [-0.4, -0.2) is 13.0 Å². The SMILES string of the molecule is Cc1csc([S+](c2ccccc2)c2ccccc2)c1.O=S(=O)([O-])c1ccc(C(F)(F)F)cc1. The van der Waals surface area contributed by atoms with Gasteiger partial charge in [-0.2, -0.15) is 13.2 Å². The first-order valence-electron chi connectivity index (χ1n) is 9.58. The topological polar surface area (TPSA) is 57.2 Å². The highest BCUT2D eigenvalue weighted by atomic mass is 32.2. The fraction of sp³-hybridized carbons (Fsp3) is 0.0833. The van der Waals surface area contributed by atoms with E-state index in [1.165, 1.54) is 19.6 Å². The number of hydrogen-bond donors (Lipinski definition) is 0. The van der Waals surface area contributed by atoms with E-state index in [1.807, 2.05) is 11.3 Å². The lowest BCUT2D eigenvalue weighted by molar-refractivity contribution is -0.137. The molecular weight excluding hydrogens is 489 g/mol. The van der Waals surface area contributed by atoms with E-state index in [9.17, 15) is 26.1 Å². The van der Waals surface area contributed by atoms with Crippen molar-refractivity contribution >= 4 is 32.3 Å². The molecular formula is C24H19F3O3S3. The highest BCUT2D eigenvalue weighted by Crippen LogP contribution is 2.34. The van der Waals surface area contributed by atoms with Crippen molar-refractivity contribution in [2.45, 2.75) is 32.0 Å². The molecule has 0 saturated carbocycles. The van der Waals surface area contributed by atoms with Gasteiger partial charge in [0.15, 0.2) is 9.79 Å². The number of halogens is 3.